The van der Waals surface area contributed by atoms with Gasteiger partial charge < -0.3 is 10.2 Å². The molecule has 0 unspecified atom stereocenters. The first-order chi connectivity index (χ1) is 9.72. The first-order valence-electron chi connectivity index (χ1n) is 7.85. The van der Waals surface area contributed by atoms with Gasteiger partial charge in [-0.05, 0) is 43.5 Å². The summed E-state index contributed by atoms with van der Waals surface area (Å²) in [6, 6.07) is 8.36. The Labute approximate surface area is 122 Å². The van der Waals surface area contributed by atoms with Gasteiger partial charge in [0.05, 0.1) is 0 Å². The monoisotopic (exact) mass is 274 g/mol. The van der Waals surface area contributed by atoms with E-state index in [2.05, 4.69) is 36.2 Å². The molecule has 3 nitrogen and oxygen atoms in total. The molecule has 1 amide bonds. The zero-order valence-electron chi connectivity index (χ0n) is 12.7. The van der Waals surface area contributed by atoms with E-state index in [-0.39, 0.29) is 5.91 Å². The summed E-state index contributed by atoms with van der Waals surface area (Å²) >= 11 is 0. The van der Waals surface area contributed by atoms with Crippen LogP contribution in [0.15, 0.2) is 24.3 Å². The number of aryl methyl sites for hydroxylation is 1. The number of nitrogens with one attached hydrogen (secondary N) is 1. The highest BCUT2D eigenvalue weighted by molar-refractivity contribution is 5.94. The maximum atomic E-state index is 12.2. The van der Waals surface area contributed by atoms with E-state index in [1.54, 1.807) is 0 Å². The highest BCUT2D eigenvalue weighted by Gasteiger charge is 2.19. The molecule has 1 aliphatic heterocycles. The van der Waals surface area contributed by atoms with Crippen LogP contribution < -0.4 is 5.32 Å². The molecule has 0 spiro atoms. The zero-order valence-corrected chi connectivity index (χ0v) is 12.7. The van der Waals surface area contributed by atoms with Gasteiger partial charge in [-0.1, -0.05) is 32.4 Å². The smallest absolute Gasteiger partial charge is 0.251 e. The maximum absolute atomic E-state index is 12.2. The molecule has 0 bridgehead atoms. The molecule has 3 heteroatoms. The second-order valence-corrected chi connectivity index (χ2v) is 5.63. The molecule has 0 atom stereocenters. The fourth-order valence-electron chi connectivity index (χ4n) is 2.77. The van der Waals surface area contributed by atoms with E-state index in [9.17, 15) is 4.79 Å². The largest absolute Gasteiger partial charge is 0.349 e. The summed E-state index contributed by atoms with van der Waals surface area (Å²) in [5.74, 6) is 0.0722. The number of benzene rings is 1. The van der Waals surface area contributed by atoms with Gasteiger partial charge in [-0.2, -0.15) is 0 Å². The molecule has 1 saturated heterocycles. The number of piperidine rings is 1. The molecule has 1 N–H and O–H groups in total. The van der Waals surface area contributed by atoms with Crippen LogP contribution in [-0.4, -0.2) is 36.5 Å². The van der Waals surface area contributed by atoms with Gasteiger partial charge in [0.25, 0.3) is 5.91 Å². The Hall–Kier alpha value is -1.35. The predicted octanol–water partition coefficient (Wildman–Crippen LogP) is 2.85. The third-order valence-corrected chi connectivity index (χ3v) is 4.12. The lowest BCUT2D eigenvalue weighted by Crippen LogP contribution is -2.44. The molecule has 0 saturated carbocycles. The van der Waals surface area contributed by atoms with Crippen molar-refractivity contribution >= 4 is 5.91 Å². The van der Waals surface area contributed by atoms with E-state index < -0.39 is 0 Å². The van der Waals surface area contributed by atoms with Gasteiger partial charge in [0.2, 0.25) is 0 Å². The van der Waals surface area contributed by atoms with Crippen LogP contribution in [0.2, 0.25) is 0 Å². The predicted molar refractivity (Wildman–Crippen MR) is 83.0 cm³/mol. The lowest BCUT2D eigenvalue weighted by Gasteiger charge is -2.31. The maximum Gasteiger partial charge on any atom is 0.251 e. The van der Waals surface area contributed by atoms with Crippen LogP contribution in [0.4, 0.5) is 0 Å². The van der Waals surface area contributed by atoms with Gasteiger partial charge in [0.15, 0.2) is 0 Å². The van der Waals surface area contributed by atoms with Crippen molar-refractivity contribution in [3.8, 4) is 0 Å². The molecule has 1 aromatic carbocycles. The summed E-state index contributed by atoms with van der Waals surface area (Å²) in [5, 5.41) is 3.17. The Bertz CT molecular complexity index is 419. The van der Waals surface area contributed by atoms with Gasteiger partial charge in [-0.25, -0.2) is 0 Å². The number of carbonyl (C=O) groups excluding carboxylic acids is 1. The van der Waals surface area contributed by atoms with Gasteiger partial charge in [-0.3, -0.25) is 4.79 Å². The van der Waals surface area contributed by atoms with E-state index in [0.29, 0.717) is 6.04 Å². The van der Waals surface area contributed by atoms with Crippen LogP contribution in [0.3, 0.4) is 0 Å². The van der Waals surface area contributed by atoms with Crippen LogP contribution in [0.5, 0.6) is 0 Å². The molecule has 1 aromatic rings. The van der Waals surface area contributed by atoms with Gasteiger partial charge in [-0.15, -0.1) is 0 Å². The molecule has 1 fully saturated rings. The number of rotatable bonds is 5. The molecule has 2 rings (SSSR count). The summed E-state index contributed by atoms with van der Waals surface area (Å²) in [4.78, 5) is 14.6. The second-order valence-electron chi connectivity index (χ2n) is 5.63. The number of nitrogens with zero attached hydrogens (tertiary/aromatic N) is 1. The lowest BCUT2D eigenvalue weighted by atomic mass is 10.0. The Morgan fingerprint density at radius 2 is 1.85 bits per heavy atom. The Morgan fingerprint density at radius 1 is 1.20 bits per heavy atom. The minimum atomic E-state index is 0.0722. The van der Waals surface area contributed by atoms with Crippen LogP contribution in [-0.2, 0) is 6.42 Å². The average Bonchev–Trinajstić information content (AvgIpc) is 2.49. The van der Waals surface area contributed by atoms with Gasteiger partial charge >= 0.3 is 0 Å². The molecule has 0 aromatic heterocycles. The molecule has 1 heterocycles. The summed E-state index contributed by atoms with van der Waals surface area (Å²) in [5.41, 5.74) is 2.09. The second kappa shape index (κ2) is 7.44. The number of hydrogen-bond acceptors (Lipinski definition) is 2. The van der Waals surface area contributed by atoms with Crippen molar-refractivity contribution in [3.05, 3.63) is 35.4 Å². The molecule has 110 valence electrons. The van der Waals surface area contributed by atoms with Crippen LogP contribution in [0.1, 0.15) is 49.0 Å². The quantitative estimate of drug-likeness (QED) is 0.895. The SMILES string of the molecule is CCCc1ccc(C(=O)NC2CCN(CC)CC2)cc1. The zero-order chi connectivity index (χ0) is 14.4. The molecular weight excluding hydrogens is 248 g/mol. The first kappa shape index (κ1) is 15.0. The first-order valence-corrected chi connectivity index (χ1v) is 7.85. The standard InChI is InChI=1S/C17H26N2O/c1-3-5-14-6-8-15(9-7-14)17(20)18-16-10-12-19(4-2)13-11-16/h6-9,16H,3-5,10-13H2,1-2H3,(H,18,20). The van der Waals surface area contributed by atoms with Crippen molar-refractivity contribution in [1.82, 2.24) is 10.2 Å². The summed E-state index contributed by atoms with van der Waals surface area (Å²) in [7, 11) is 0. The molecule has 1 aliphatic rings. The number of carbonyl (C=O) groups is 1. The topological polar surface area (TPSA) is 32.3 Å². The van der Waals surface area contributed by atoms with E-state index in [1.807, 2.05) is 12.1 Å². The normalized spacial score (nSPS) is 17.1. The minimum absolute atomic E-state index is 0.0722. The average molecular weight is 274 g/mol. The highest BCUT2D eigenvalue weighted by Crippen LogP contribution is 2.12. The van der Waals surface area contributed by atoms with E-state index in [4.69, 9.17) is 0 Å². The Balaban J connectivity index is 1.85. The van der Waals surface area contributed by atoms with Crippen molar-refractivity contribution in [2.45, 2.75) is 45.6 Å². The molecule has 20 heavy (non-hydrogen) atoms. The van der Waals surface area contributed by atoms with Crippen LogP contribution in [0.25, 0.3) is 0 Å². The minimum Gasteiger partial charge on any atom is -0.349 e. The third-order valence-electron chi connectivity index (χ3n) is 4.12. The number of amides is 1. The third kappa shape index (κ3) is 4.07. The molecular formula is C17H26N2O. The van der Waals surface area contributed by atoms with E-state index in [0.717, 1.165) is 50.9 Å². The molecule has 0 radical (unpaired) electrons. The number of likely N-dealkylation sites (tertiary alicyclic amines) is 1. The Morgan fingerprint density at radius 3 is 2.40 bits per heavy atom. The van der Waals surface area contributed by atoms with Crippen LogP contribution in [0, 0.1) is 0 Å². The molecule has 0 aliphatic carbocycles. The highest BCUT2D eigenvalue weighted by atomic mass is 16.1. The summed E-state index contributed by atoms with van der Waals surface area (Å²) in [6.45, 7) is 7.66. The van der Waals surface area contributed by atoms with Crippen LogP contribution >= 0.6 is 0 Å². The van der Waals surface area contributed by atoms with Crippen molar-refractivity contribution in [2.75, 3.05) is 19.6 Å². The van der Waals surface area contributed by atoms with Gasteiger partial charge in [0, 0.05) is 24.7 Å². The van der Waals surface area contributed by atoms with E-state index >= 15 is 0 Å². The van der Waals surface area contributed by atoms with Crippen molar-refractivity contribution in [2.24, 2.45) is 0 Å². The van der Waals surface area contributed by atoms with Crippen molar-refractivity contribution in [3.63, 3.8) is 0 Å². The van der Waals surface area contributed by atoms with Crippen molar-refractivity contribution in [1.29, 1.82) is 0 Å². The lowest BCUT2D eigenvalue weighted by molar-refractivity contribution is 0.0912. The van der Waals surface area contributed by atoms with Gasteiger partial charge in [0.1, 0.15) is 0 Å². The Kier molecular flexibility index (Phi) is 5.60. The summed E-state index contributed by atoms with van der Waals surface area (Å²) < 4.78 is 0. The fraction of sp³-hybridized carbons (Fsp3) is 0.588. The number of hydrogen-bond donors (Lipinski definition) is 1. The van der Waals surface area contributed by atoms with E-state index in [1.165, 1.54) is 5.56 Å². The van der Waals surface area contributed by atoms with Crippen molar-refractivity contribution < 1.29 is 4.79 Å². The summed E-state index contributed by atoms with van der Waals surface area (Å²) in [6.07, 6.45) is 4.35. The fourth-order valence-corrected chi connectivity index (χ4v) is 2.77.